The van der Waals surface area contributed by atoms with Gasteiger partial charge in [0.05, 0.1) is 22.3 Å². The molecule has 0 aliphatic carbocycles. The summed E-state index contributed by atoms with van der Waals surface area (Å²) in [6.07, 6.45) is 3.16. The molecule has 3 heterocycles. The van der Waals surface area contributed by atoms with Crippen LogP contribution in [0.15, 0.2) is 34.9 Å². The molecule has 0 N–H and O–H groups in total. The molecule has 0 spiro atoms. The third-order valence-electron chi connectivity index (χ3n) is 5.05. The van der Waals surface area contributed by atoms with Crippen LogP contribution in [0.2, 0.25) is 0 Å². The van der Waals surface area contributed by atoms with Crippen molar-refractivity contribution in [2.45, 2.75) is 39.2 Å². The van der Waals surface area contributed by atoms with Crippen molar-refractivity contribution in [3.8, 4) is 11.3 Å². The SMILES string of the molecule is Cc1noc2nc(-c3ccc(F)cc3)cc(C(=O)N3CCCC[C@@H]3C)c12. The van der Waals surface area contributed by atoms with E-state index in [0.717, 1.165) is 31.4 Å². The molecule has 134 valence electrons. The molecule has 1 aliphatic heterocycles. The predicted molar refractivity (Wildman–Crippen MR) is 96.3 cm³/mol. The third-order valence-corrected chi connectivity index (χ3v) is 5.05. The number of piperidine rings is 1. The van der Waals surface area contributed by atoms with Crippen molar-refractivity contribution in [3.05, 3.63) is 47.4 Å². The molecular formula is C20H20FN3O2. The number of aryl methyl sites for hydroxylation is 1. The Morgan fingerprint density at radius 3 is 2.77 bits per heavy atom. The highest BCUT2D eigenvalue weighted by molar-refractivity contribution is 6.07. The Balaban J connectivity index is 1.85. The fourth-order valence-corrected chi connectivity index (χ4v) is 3.59. The summed E-state index contributed by atoms with van der Waals surface area (Å²) in [5, 5.41) is 4.64. The van der Waals surface area contributed by atoms with E-state index in [1.807, 2.05) is 11.8 Å². The first kappa shape index (κ1) is 16.7. The second-order valence-corrected chi connectivity index (χ2v) is 6.85. The lowest BCUT2D eigenvalue weighted by molar-refractivity contribution is 0.0637. The summed E-state index contributed by atoms with van der Waals surface area (Å²) in [5.74, 6) is -0.344. The molecule has 0 radical (unpaired) electrons. The molecule has 1 aromatic carbocycles. The number of nitrogens with zero attached hydrogens (tertiary/aromatic N) is 3. The maximum atomic E-state index is 13.3. The summed E-state index contributed by atoms with van der Waals surface area (Å²) >= 11 is 0. The van der Waals surface area contributed by atoms with Gasteiger partial charge in [-0.3, -0.25) is 4.79 Å². The molecule has 5 nitrogen and oxygen atoms in total. The standard InChI is InChI=1S/C20H20FN3O2/c1-12-5-3-4-10-24(12)20(25)16-11-17(14-6-8-15(21)9-7-14)22-19-18(16)13(2)23-26-19/h6-9,11-12H,3-5,10H2,1-2H3/t12-/m0/s1. The van der Waals surface area contributed by atoms with E-state index in [2.05, 4.69) is 17.1 Å². The molecule has 1 fully saturated rings. The van der Waals surface area contributed by atoms with Crippen molar-refractivity contribution in [2.24, 2.45) is 0 Å². The van der Waals surface area contributed by atoms with E-state index in [9.17, 15) is 9.18 Å². The van der Waals surface area contributed by atoms with E-state index in [4.69, 9.17) is 4.52 Å². The molecule has 0 bridgehead atoms. The van der Waals surface area contributed by atoms with Crippen molar-refractivity contribution < 1.29 is 13.7 Å². The van der Waals surface area contributed by atoms with E-state index in [-0.39, 0.29) is 17.8 Å². The van der Waals surface area contributed by atoms with Gasteiger partial charge in [-0.05, 0) is 63.4 Å². The Hall–Kier alpha value is -2.76. The Morgan fingerprint density at radius 1 is 1.27 bits per heavy atom. The van der Waals surface area contributed by atoms with E-state index < -0.39 is 0 Å². The molecule has 1 aliphatic rings. The predicted octanol–water partition coefficient (Wildman–Crippen LogP) is 4.35. The minimum absolute atomic E-state index is 0.0285. The summed E-state index contributed by atoms with van der Waals surface area (Å²) in [4.78, 5) is 19.7. The van der Waals surface area contributed by atoms with Gasteiger partial charge in [0.25, 0.3) is 11.6 Å². The van der Waals surface area contributed by atoms with Crippen LogP contribution in [0.25, 0.3) is 22.4 Å². The summed E-state index contributed by atoms with van der Waals surface area (Å²) in [5.41, 5.74) is 2.81. The molecule has 26 heavy (non-hydrogen) atoms. The normalized spacial score (nSPS) is 17.7. The number of hydrogen-bond acceptors (Lipinski definition) is 4. The number of pyridine rings is 1. The molecule has 0 saturated carbocycles. The molecule has 1 amide bonds. The van der Waals surface area contributed by atoms with Crippen LogP contribution in [0.5, 0.6) is 0 Å². The molecule has 1 atom stereocenters. The van der Waals surface area contributed by atoms with Crippen LogP contribution < -0.4 is 0 Å². The van der Waals surface area contributed by atoms with Gasteiger partial charge in [0, 0.05) is 18.2 Å². The molecular weight excluding hydrogens is 333 g/mol. The zero-order valence-corrected chi connectivity index (χ0v) is 14.8. The minimum atomic E-state index is -0.316. The highest BCUT2D eigenvalue weighted by Crippen LogP contribution is 2.29. The maximum absolute atomic E-state index is 13.3. The topological polar surface area (TPSA) is 59.2 Å². The molecule has 0 unspecified atom stereocenters. The van der Waals surface area contributed by atoms with Gasteiger partial charge in [0.15, 0.2) is 0 Å². The summed E-state index contributed by atoms with van der Waals surface area (Å²) in [6.45, 7) is 4.64. The fourth-order valence-electron chi connectivity index (χ4n) is 3.59. The zero-order chi connectivity index (χ0) is 18.3. The number of carbonyl (C=O) groups excluding carboxylic acids is 1. The fraction of sp³-hybridized carbons (Fsp3) is 0.350. The quantitative estimate of drug-likeness (QED) is 0.687. The number of aromatic nitrogens is 2. The molecule has 2 aromatic heterocycles. The van der Waals surface area contributed by atoms with Crippen LogP contribution in [-0.2, 0) is 0 Å². The van der Waals surface area contributed by atoms with Crippen LogP contribution in [0.4, 0.5) is 4.39 Å². The number of fused-ring (bicyclic) bond motifs is 1. The summed E-state index contributed by atoms with van der Waals surface area (Å²) < 4.78 is 18.6. The first-order valence-electron chi connectivity index (χ1n) is 8.88. The third kappa shape index (κ3) is 2.85. The van der Waals surface area contributed by atoms with Crippen molar-refractivity contribution >= 4 is 17.0 Å². The zero-order valence-electron chi connectivity index (χ0n) is 14.8. The van der Waals surface area contributed by atoms with Crippen LogP contribution in [0.1, 0.15) is 42.2 Å². The van der Waals surface area contributed by atoms with Gasteiger partial charge in [0.2, 0.25) is 0 Å². The Morgan fingerprint density at radius 2 is 2.04 bits per heavy atom. The first-order valence-corrected chi connectivity index (χ1v) is 8.88. The van der Waals surface area contributed by atoms with E-state index in [1.54, 1.807) is 18.2 Å². The van der Waals surface area contributed by atoms with Gasteiger partial charge in [-0.15, -0.1) is 0 Å². The Labute approximate surface area is 150 Å². The molecule has 3 aromatic rings. The number of carbonyl (C=O) groups is 1. The molecule has 1 saturated heterocycles. The summed E-state index contributed by atoms with van der Waals surface area (Å²) in [7, 11) is 0. The van der Waals surface area contributed by atoms with Crippen molar-refractivity contribution in [2.75, 3.05) is 6.54 Å². The van der Waals surface area contributed by atoms with Crippen LogP contribution >= 0.6 is 0 Å². The number of halogens is 1. The van der Waals surface area contributed by atoms with Gasteiger partial charge in [-0.25, -0.2) is 9.37 Å². The lowest BCUT2D eigenvalue weighted by atomic mass is 10.00. The Kier molecular flexibility index (Phi) is 4.18. The average Bonchev–Trinajstić information content (AvgIpc) is 3.02. The van der Waals surface area contributed by atoms with Gasteiger partial charge in [-0.1, -0.05) is 5.16 Å². The summed E-state index contributed by atoms with van der Waals surface area (Å²) in [6, 6.07) is 8.01. The number of likely N-dealkylation sites (tertiary alicyclic amines) is 1. The number of rotatable bonds is 2. The van der Waals surface area contributed by atoms with Gasteiger partial charge in [-0.2, -0.15) is 0 Å². The molecule has 6 heteroatoms. The maximum Gasteiger partial charge on any atom is 0.259 e. The minimum Gasteiger partial charge on any atom is -0.336 e. The van der Waals surface area contributed by atoms with Crippen LogP contribution in [0.3, 0.4) is 0 Å². The highest BCUT2D eigenvalue weighted by atomic mass is 19.1. The van der Waals surface area contributed by atoms with Gasteiger partial charge in [0.1, 0.15) is 5.82 Å². The Bertz CT molecular complexity index is 965. The number of hydrogen-bond donors (Lipinski definition) is 0. The van der Waals surface area contributed by atoms with Crippen molar-refractivity contribution in [3.63, 3.8) is 0 Å². The van der Waals surface area contributed by atoms with Crippen molar-refractivity contribution in [1.82, 2.24) is 15.0 Å². The highest BCUT2D eigenvalue weighted by Gasteiger charge is 2.28. The van der Waals surface area contributed by atoms with Crippen LogP contribution in [-0.4, -0.2) is 33.5 Å². The second kappa shape index (κ2) is 6.52. The lowest BCUT2D eigenvalue weighted by Crippen LogP contribution is -2.42. The number of amides is 1. The first-order chi connectivity index (χ1) is 12.5. The van der Waals surface area contributed by atoms with Gasteiger partial charge >= 0.3 is 0 Å². The lowest BCUT2D eigenvalue weighted by Gasteiger charge is -2.33. The van der Waals surface area contributed by atoms with Gasteiger partial charge < -0.3 is 9.42 Å². The second-order valence-electron chi connectivity index (χ2n) is 6.85. The molecule has 4 rings (SSSR count). The van der Waals surface area contributed by atoms with E-state index in [1.165, 1.54) is 12.1 Å². The van der Waals surface area contributed by atoms with Crippen molar-refractivity contribution in [1.29, 1.82) is 0 Å². The van der Waals surface area contributed by atoms with Crippen LogP contribution in [0, 0.1) is 12.7 Å². The largest absolute Gasteiger partial charge is 0.336 e. The average molecular weight is 353 g/mol. The monoisotopic (exact) mass is 353 g/mol. The number of benzene rings is 1. The van der Waals surface area contributed by atoms with E-state index in [0.29, 0.717) is 28.1 Å². The smallest absolute Gasteiger partial charge is 0.259 e. The van der Waals surface area contributed by atoms with E-state index >= 15 is 0 Å².